The van der Waals surface area contributed by atoms with Crippen LogP contribution >= 0.6 is 0 Å². The molecule has 0 aliphatic heterocycles. The summed E-state index contributed by atoms with van der Waals surface area (Å²) >= 11 is 0. The normalized spacial score (nSPS) is 21.5. The van der Waals surface area contributed by atoms with Crippen LogP contribution in [-0.2, 0) is 0 Å². The lowest BCUT2D eigenvalue weighted by Gasteiger charge is -2.22. The third kappa shape index (κ3) is 5.00. The highest BCUT2D eigenvalue weighted by Gasteiger charge is 2.25. The number of nitrogens with zero attached hydrogens (tertiary/aromatic N) is 4. The van der Waals surface area contributed by atoms with E-state index in [0.717, 1.165) is 11.5 Å². The van der Waals surface area contributed by atoms with Crippen molar-refractivity contribution in [1.82, 2.24) is 19.6 Å². The van der Waals surface area contributed by atoms with Gasteiger partial charge in [0, 0.05) is 17.4 Å². The molecule has 0 N–H and O–H groups in total. The lowest BCUT2D eigenvalue weighted by molar-refractivity contribution is 0.434. The molecule has 0 unspecified atom stereocenters. The first kappa shape index (κ1) is 20.8. The number of fused-ring (bicyclic) bond motifs is 1. The molecule has 2 aliphatic carbocycles. The minimum Gasteiger partial charge on any atom is -0.217 e. The summed E-state index contributed by atoms with van der Waals surface area (Å²) in [6.07, 6.45) is 22.1. The second kappa shape index (κ2) is 10.0. The molecule has 0 saturated heterocycles. The predicted molar refractivity (Wildman–Crippen MR) is 120 cm³/mol. The van der Waals surface area contributed by atoms with E-state index in [-0.39, 0.29) is 0 Å². The van der Waals surface area contributed by atoms with Crippen molar-refractivity contribution >= 4 is 5.65 Å². The van der Waals surface area contributed by atoms with E-state index in [1.165, 1.54) is 108 Å². The Morgan fingerprint density at radius 3 is 1.79 bits per heavy atom. The van der Waals surface area contributed by atoms with Crippen LogP contribution < -0.4 is 0 Å². The maximum Gasteiger partial charge on any atom is 0.162 e. The molecule has 2 aromatic rings. The molecule has 2 heterocycles. The van der Waals surface area contributed by atoms with Gasteiger partial charge in [-0.05, 0) is 31.6 Å². The van der Waals surface area contributed by atoms with Gasteiger partial charge in [0.15, 0.2) is 5.65 Å². The molecule has 2 aliphatic rings. The van der Waals surface area contributed by atoms with Crippen LogP contribution in [0.25, 0.3) is 5.65 Å². The van der Waals surface area contributed by atoms with E-state index in [1.54, 1.807) is 0 Å². The van der Waals surface area contributed by atoms with Crippen LogP contribution in [0.1, 0.15) is 145 Å². The summed E-state index contributed by atoms with van der Waals surface area (Å²) in [7, 11) is 0. The lowest BCUT2D eigenvalue weighted by Crippen LogP contribution is -2.16. The van der Waals surface area contributed by atoms with Crippen LogP contribution in [0.4, 0.5) is 0 Å². The smallest absolute Gasteiger partial charge is 0.162 e. The Balaban J connectivity index is 1.74. The van der Waals surface area contributed by atoms with Crippen LogP contribution in [0.15, 0.2) is 6.20 Å². The molecular weight excluding hydrogens is 356 g/mol. The van der Waals surface area contributed by atoms with E-state index in [9.17, 15) is 0 Å². The molecular formula is C25H40N4. The maximum absolute atomic E-state index is 5.29. The van der Waals surface area contributed by atoms with Crippen molar-refractivity contribution in [3.05, 3.63) is 23.4 Å². The number of rotatable bonds is 3. The highest BCUT2D eigenvalue weighted by molar-refractivity contribution is 5.49. The second-order valence-electron chi connectivity index (χ2n) is 9.87. The van der Waals surface area contributed by atoms with Crippen LogP contribution in [0, 0.1) is 0 Å². The fourth-order valence-corrected chi connectivity index (χ4v) is 5.39. The van der Waals surface area contributed by atoms with Gasteiger partial charge in [0.1, 0.15) is 11.6 Å². The van der Waals surface area contributed by atoms with Gasteiger partial charge < -0.3 is 0 Å². The molecule has 2 saturated carbocycles. The third-order valence-electron chi connectivity index (χ3n) is 7.25. The third-order valence-corrected chi connectivity index (χ3v) is 7.25. The van der Waals surface area contributed by atoms with Crippen LogP contribution in [0.5, 0.6) is 0 Å². The number of hydrogen-bond acceptors (Lipinski definition) is 3. The molecule has 160 valence electrons. The minimum absolute atomic E-state index is 0.445. The first-order chi connectivity index (χ1) is 14.2. The Kier molecular flexibility index (Phi) is 7.20. The Morgan fingerprint density at radius 1 is 0.724 bits per heavy atom. The van der Waals surface area contributed by atoms with Crippen molar-refractivity contribution < 1.29 is 0 Å². The Labute approximate surface area is 176 Å². The van der Waals surface area contributed by atoms with Gasteiger partial charge in [-0.3, -0.25) is 0 Å². The summed E-state index contributed by atoms with van der Waals surface area (Å²) in [5.74, 6) is 3.84. The molecule has 0 radical (unpaired) electrons. The molecule has 4 rings (SSSR count). The predicted octanol–water partition coefficient (Wildman–Crippen LogP) is 7.29. The molecule has 4 heteroatoms. The molecule has 2 fully saturated rings. The average Bonchev–Trinajstić information content (AvgIpc) is 3.16. The van der Waals surface area contributed by atoms with E-state index >= 15 is 0 Å². The molecule has 29 heavy (non-hydrogen) atoms. The van der Waals surface area contributed by atoms with Gasteiger partial charge in [0.05, 0.1) is 6.20 Å². The topological polar surface area (TPSA) is 43.1 Å². The Hall–Kier alpha value is -1.45. The van der Waals surface area contributed by atoms with Gasteiger partial charge in [0.25, 0.3) is 0 Å². The zero-order chi connectivity index (χ0) is 20.1. The monoisotopic (exact) mass is 396 g/mol. The summed E-state index contributed by atoms with van der Waals surface area (Å²) in [4.78, 5) is 10.4. The minimum atomic E-state index is 0.445. The fraction of sp³-hybridized carbons (Fsp3) is 0.800. The Morgan fingerprint density at radius 2 is 1.24 bits per heavy atom. The van der Waals surface area contributed by atoms with E-state index in [1.807, 2.05) is 0 Å². The van der Waals surface area contributed by atoms with Crippen molar-refractivity contribution in [1.29, 1.82) is 0 Å². The maximum atomic E-state index is 5.29. The van der Waals surface area contributed by atoms with E-state index < -0.39 is 0 Å². The van der Waals surface area contributed by atoms with Crippen molar-refractivity contribution in [2.24, 2.45) is 0 Å². The van der Waals surface area contributed by atoms with Gasteiger partial charge >= 0.3 is 0 Å². The summed E-state index contributed by atoms with van der Waals surface area (Å²) in [5, 5.41) is 4.80. The Bertz CT molecular complexity index is 760. The van der Waals surface area contributed by atoms with Gasteiger partial charge in [-0.25, -0.2) is 14.5 Å². The van der Waals surface area contributed by atoms with Crippen molar-refractivity contribution in [2.75, 3.05) is 0 Å². The molecule has 0 bridgehead atoms. The zero-order valence-corrected chi connectivity index (χ0v) is 18.7. The SMILES string of the molecule is CC(C)c1cnn2c(C3CCCCCCCC3)nc(C3CCCCCCC3)nc12. The standard InChI is InChI=1S/C25H40N4/c1-19(2)22-18-26-29-24(21-16-12-6-3-4-7-13-17-21)27-23(28-25(22)29)20-14-10-8-5-9-11-15-20/h18-21H,3-17H2,1-2H3. The summed E-state index contributed by atoms with van der Waals surface area (Å²) in [6.45, 7) is 4.52. The van der Waals surface area contributed by atoms with E-state index in [0.29, 0.717) is 17.8 Å². The molecule has 2 aromatic heterocycles. The molecule has 0 aromatic carbocycles. The zero-order valence-electron chi connectivity index (χ0n) is 18.7. The number of hydrogen-bond donors (Lipinski definition) is 0. The largest absolute Gasteiger partial charge is 0.217 e. The van der Waals surface area contributed by atoms with Crippen LogP contribution in [-0.4, -0.2) is 19.6 Å². The highest BCUT2D eigenvalue weighted by atomic mass is 15.3. The summed E-state index contributed by atoms with van der Waals surface area (Å²) < 4.78 is 2.12. The number of aromatic nitrogens is 4. The first-order valence-corrected chi connectivity index (χ1v) is 12.5. The molecule has 4 nitrogen and oxygen atoms in total. The van der Waals surface area contributed by atoms with Crippen LogP contribution in [0.2, 0.25) is 0 Å². The van der Waals surface area contributed by atoms with E-state index in [2.05, 4.69) is 24.6 Å². The quantitative estimate of drug-likeness (QED) is 0.547. The van der Waals surface area contributed by atoms with E-state index in [4.69, 9.17) is 15.1 Å². The highest BCUT2D eigenvalue weighted by Crippen LogP contribution is 2.34. The molecule has 0 amide bonds. The van der Waals surface area contributed by atoms with Crippen molar-refractivity contribution in [2.45, 2.75) is 128 Å². The van der Waals surface area contributed by atoms with Crippen molar-refractivity contribution in [3.8, 4) is 0 Å². The van der Waals surface area contributed by atoms with Crippen molar-refractivity contribution in [3.63, 3.8) is 0 Å². The van der Waals surface area contributed by atoms with Gasteiger partial charge in [-0.2, -0.15) is 5.10 Å². The second-order valence-corrected chi connectivity index (χ2v) is 9.87. The van der Waals surface area contributed by atoms with Gasteiger partial charge in [-0.1, -0.05) is 84.5 Å². The van der Waals surface area contributed by atoms with Gasteiger partial charge in [-0.15, -0.1) is 0 Å². The summed E-state index contributed by atoms with van der Waals surface area (Å²) in [5.41, 5.74) is 2.37. The lowest BCUT2D eigenvalue weighted by atomic mass is 9.90. The van der Waals surface area contributed by atoms with Gasteiger partial charge in [0.2, 0.25) is 0 Å². The first-order valence-electron chi connectivity index (χ1n) is 12.5. The average molecular weight is 397 g/mol. The molecule has 0 spiro atoms. The summed E-state index contributed by atoms with van der Waals surface area (Å²) in [6, 6.07) is 0. The molecule has 0 atom stereocenters. The van der Waals surface area contributed by atoms with Crippen LogP contribution in [0.3, 0.4) is 0 Å². The fourth-order valence-electron chi connectivity index (χ4n) is 5.39.